The molecule has 0 saturated carbocycles. The van der Waals surface area contributed by atoms with Gasteiger partial charge >= 0.3 is 0 Å². The SMILES string of the molecule is CCCCNC(=O)C1=C=CCOC(c2cccs2)=C1. The zero-order chi connectivity index (χ0) is 13.5. The van der Waals surface area contributed by atoms with E-state index in [1.165, 1.54) is 0 Å². The molecule has 100 valence electrons. The summed E-state index contributed by atoms with van der Waals surface area (Å²) in [6, 6.07) is 3.95. The molecule has 0 atom stereocenters. The molecule has 0 saturated heterocycles. The highest BCUT2D eigenvalue weighted by Gasteiger charge is 2.12. The number of carbonyl (C=O) groups excluding carboxylic acids is 1. The Morgan fingerprint density at radius 3 is 3.21 bits per heavy atom. The first kappa shape index (κ1) is 13.7. The van der Waals surface area contributed by atoms with Crippen LogP contribution in [0.15, 0.2) is 41.0 Å². The Morgan fingerprint density at radius 2 is 2.47 bits per heavy atom. The van der Waals surface area contributed by atoms with Gasteiger partial charge in [0.15, 0.2) is 0 Å². The molecule has 1 N–H and O–H groups in total. The zero-order valence-corrected chi connectivity index (χ0v) is 11.8. The average Bonchev–Trinajstić information content (AvgIpc) is 2.83. The average molecular weight is 275 g/mol. The molecule has 1 aromatic rings. The molecule has 1 aromatic heterocycles. The van der Waals surface area contributed by atoms with Crippen LogP contribution in [0.25, 0.3) is 5.76 Å². The van der Waals surface area contributed by atoms with Crippen LogP contribution in [-0.2, 0) is 9.53 Å². The number of unbranched alkanes of at least 4 members (excludes halogenated alkanes) is 1. The van der Waals surface area contributed by atoms with Gasteiger partial charge in [0, 0.05) is 12.6 Å². The fraction of sp³-hybridized carbons (Fsp3) is 0.333. The first-order valence-electron chi connectivity index (χ1n) is 6.43. The number of ether oxygens (including phenoxy) is 1. The minimum atomic E-state index is -0.0933. The number of nitrogens with one attached hydrogen (secondary N) is 1. The molecular weight excluding hydrogens is 258 g/mol. The lowest BCUT2D eigenvalue weighted by Gasteiger charge is -2.06. The second-order valence-electron chi connectivity index (χ2n) is 4.17. The van der Waals surface area contributed by atoms with E-state index in [9.17, 15) is 4.79 Å². The van der Waals surface area contributed by atoms with Crippen LogP contribution in [-0.4, -0.2) is 19.1 Å². The summed E-state index contributed by atoms with van der Waals surface area (Å²) in [7, 11) is 0. The lowest BCUT2D eigenvalue weighted by molar-refractivity contribution is -0.117. The van der Waals surface area contributed by atoms with Gasteiger partial charge in [-0.2, -0.15) is 0 Å². The third-order valence-corrected chi connectivity index (χ3v) is 3.56. The van der Waals surface area contributed by atoms with Crippen molar-refractivity contribution in [2.75, 3.05) is 13.2 Å². The summed E-state index contributed by atoms with van der Waals surface area (Å²) in [5.41, 5.74) is 3.51. The predicted octanol–water partition coefficient (Wildman–Crippen LogP) is 3.12. The number of hydrogen-bond donors (Lipinski definition) is 1. The number of thiophene rings is 1. The fourth-order valence-corrected chi connectivity index (χ4v) is 2.36. The zero-order valence-electron chi connectivity index (χ0n) is 10.9. The van der Waals surface area contributed by atoms with Gasteiger partial charge in [0.05, 0.1) is 10.5 Å². The van der Waals surface area contributed by atoms with Gasteiger partial charge in [-0.05, 0) is 23.9 Å². The number of hydrogen-bond acceptors (Lipinski definition) is 3. The summed E-state index contributed by atoms with van der Waals surface area (Å²) in [6.45, 7) is 3.23. The highest BCUT2D eigenvalue weighted by molar-refractivity contribution is 7.11. The molecule has 3 nitrogen and oxygen atoms in total. The predicted molar refractivity (Wildman–Crippen MR) is 77.8 cm³/mol. The molecule has 19 heavy (non-hydrogen) atoms. The van der Waals surface area contributed by atoms with Crippen molar-refractivity contribution >= 4 is 23.0 Å². The molecule has 2 heterocycles. The van der Waals surface area contributed by atoms with Gasteiger partial charge in [0.1, 0.15) is 12.4 Å². The van der Waals surface area contributed by atoms with Gasteiger partial charge in [-0.25, -0.2) is 0 Å². The molecule has 0 fully saturated rings. The maximum atomic E-state index is 12.0. The molecule has 0 bridgehead atoms. The summed E-state index contributed by atoms with van der Waals surface area (Å²) in [6.07, 6.45) is 5.55. The van der Waals surface area contributed by atoms with E-state index in [4.69, 9.17) is 4.74 Å². The molecular formula is C15H17NO2S. The monoisotopic (exact) mass is 275 g/mol. The van der Waals surface area contributed by atoms with Crippen LogP contribution in [0.1, 0.15) is 24.6 Å². The molecule has 1 aliphatic rings. The Labute approximate surface area is 117 Å². The number of rotatable bonds is 5. The van der Waals surface area contributed by atoms with Crippen molar-refractivity contribution in [2.24, 2.45) is 0 Å². The largest absolute Gasteiger partial charge is 0.487 e. The molecule has 0 aliphatic carbocycles. The Balaban J connectivity index is 2.12. The van der Waals surface area contributed by atoms with Gasteiger partial charge in [0.25, 0.3) is 5.91 Å². The van der Waals surface area contributed by atoms with Crippen LogP contribution >= 0.6 is 11.3 Å². The summed E-state index contributed by atoms with van der Waals surface area (Å²) in [5.74, 6) is 0.640. The van der Waals surface area contributed by atoms with Gasteiger partial charge in [-0.15, -0.1) is 17.1 Å². The van der Waals surface area contributed by atoms with Crippen molar-refractivity contribution in [3.8, 4) is 0 Å². The molecule has 0 radical (unpaired) electrons. The van der Waals surface area contributed by atoms with E-state index >= 15 is 0 Å². The number of amides is 1. The normalized spacial score (nSPS) is 14.2. The lowest BCUT2D eigenvalue weighted by Crippen LogP contribution is -2.25. The van der Waals surface area contributed by atoms with Crippen LogP contribution in [0.2, 0.25) is 0 Å². The van der Waals surface area contributed by atoms with Crippen molar-refractivity contribution in [2.45, 2.75) is 19.8 Å². The molecule has 0 aromatic carbocycles. The van der Waals surface area contributed by atoms with Crippen molar-refractivity contribution in [3.63, 3.8) is 0 Å². The minimum Gasteiger partial charge on any atom is -0.487 e. The third-order valence-electron chi connectivity index (χ3n) is 2.68. The maximum absolute atomic E-state index is 12.0. The van der Waals surface area contributed by atoms with Crippen LogP contribution in [0, 0.1) is 0 Å². The lowest BCUT2D eigenvalue weighted by atomic mass is 10.2. The standard InChI is InChI=1S/C15H17NO2S/c1-2-3-8-16-15(17)12-6-4-9-18-13(11-12)14-7-5-10-19-14/h4-5,7,10-11H,2-3,8-9H2,1H3,(H,16,17). The first-order valence-corrected chi connectivity index (χ1v) is 7.31. The highest BCUT2D eigenvalue weighted by atomic mass is 32.1. The molecule has 2 rings (SSSR count). The van der Waals surface area contributed by atoms with Crippen molar-refractivity contribution in [1.82, 2.24) is 5.32 Å². The van der Waals surface area contributed by atoms with Crippen LogP contribution in [0.4, 0.5) is 0 Å². The van der Waals surface area contributed by atoms with E-state index < -0.39 is 0 Å². The smallest absolute Gasteiger partial charge is 0.259 e. The number of carbonyl (C=O) groups is 1. The van der Waals surface area contributed by atoms with E-state index in [-0.39, 0.29) is 5.91 Å². The topological polar surface area (TPSA) is 38.3 Å². The van der Waals surface area contributed by atoms with Gasteiger partial charge in [0.2, 0.25) is 0 Å². The van der Waals surface area contributed by atoms with Crippen LogP contribution in [0.5, 0.6) is 0 Å². The van der Waals surface area contributed by atoms with E-state index in [1.54, 1.807) is 23.5 Å². The summed E-state index contributed by atoms with van der Waals surface area (Å²) < 4.78 is 5.61. The van der Waals surface area contributed by atoms with Gasteiger partial charge in [-0.1, -0.05) is 19.4 Å². The van der Waals surface area contributed by atoms with Crippen molar-refractivity contribution in [3.05, 3.63) is 45.8 Å². The van der Waals surface area contributed by atoms with E-state index in [0.29, 0.717) is 18.7 Å². The molecule has 1 aliphatic heterocycles. The van der Waals surface area contributed by atoms with E-state index in [2.05, 4.69) is 18.0 Å². The Bertz CT molecular complexity index is 522. The quantitative estimate of drug-likeness (QED) is 0.662. The van der Waals surface area contributed by atoms with Crippen LogP contribution in [0.3, 0.4) is 0 Å². The van der Waals surface area contributed by atoms with Gasteiger partial charge < -0.3 is 10.1 Å². The van der Waals surface area contributed by atoms with E-state index in [0.717, 1.165) is 23.5 Å². The van der Waals surface area contributed by atoms with Crippen molar-refractivity contribution < 1.29 is 9.53 Å². The molecule has 1 amide bonds. The Morgan fingerprint density at radius 1 is 1.58 bits per heavy atom. The third kappa shape index (κ3) is 3.85. The summed E-state index contributed by atoms with van der Waals surface area (Å²) >= 11 is 1.59. The molecule has 0 unspecified atom stereocenters. The van der Waals surface area contributed by atoms with Crippen molar-refractivity contribution in [1.29, 1.82) is 0 Å². The molecule has 0 spiro atoms. The van der Waals surface area contributed by atoms with Crippen LogP contribution < -0.4 is 5.32 Å². The Kier molecular flexibility index (Phi) is 5.01. The van der Waals surface area contributed by atoms with E-state index in [1.807, 2.05) is 17.5 Å². The summed E-state index contributed by atoms with van der Waals surface area (Å²) in [4.78, 5) is 13.0. The fourth-order valence-electron chi connectivity index (χ4n) is 1.66. The highest BCUT2D eigenvalue weighted by Crippen LogP contribution is 2.23. The second kappa shape index (κ2) is 6.98. The first-order chi connectivity index (χ1) is 9.31. The molecule has 4 heteroatoms. The maximum Gasteiger partial charge on any atom is 0.259 e. The minimum absolute atomic E-state index is 0.0933. The van der Waals surface area contributed by atoms with Gasteiger partial charge in [-0.3, -0.25) is 4.79 Å². The summed E-state index contributed by atoms with van der Waals surface area (Å²) in [5, 5.41) is 4.88. The Hall–Kier alpha value is -1.77. The second-order valence-corrected chi connectivity index (χ2v) is 5.12.